The second kappa shape index (κ2) is 6.82. The monoisotopic (exact) mass is 385 g/mol. The van der Waals surface area contributed by atoms with Crippen molar-refractivity contribution in [2.24, 2.45) is 0 Å². The van der Waals surface area contributed by atoms with E-state index in [1.165, 1.54) is 4.57 Å². The molecule has 1 aliphatic heterocycles. The quantitative estimate of drug-likeness (QED) is 0.579. The zero-order chi connectivity index (χ0) is 19.8. The molecule has 10 heteroatoms. The number of benzene rings is 1. The number of fused-ring (bicyclic) bond motifs is 2. The van der Waals surface area contributed by atoms with Gasteiger partial charge in [0.2, 0.25) is 5.89 Å². The third kappa shape index (κ3) is 2.99. The van der Waals surface area contributed by atoms with Gasteiger partial charge >= 0.3 is 5.97 Å². The highest BCUT2D eigenvalue weighted by Crippen LogP contribution is 2.30. The van der Waals surface area contributed by atoms with Gasteiger partial charge in [-0.25, -0.2) is 4.98 Å². The second-order valence-corrected chi connectivity index (χ2v) is 6.18. The van der Waals surface area contributed by atoms with Crippen LogP contribution in [-0.4, -0.2) is 38.2 Å². The van der Waals surface area contributed by atoms with Crippen LogP contribution in [0.1, 0.15) is 27.5 Å². The van der Waals surface area contributed by atoms with E-state index in [2.05, 4.69) is 10.3 Å². The fourth-order valence-electron chi connectivity index (χ4n) is 3.11. The van der Waals surface area contributed by atoms with Crippen molar-refractivity contribution >= 4 is 23.0 Å². The molecule has 1 amide bonds. The second-order valence-electron chi connectivity index (χ2n) is 6.18. The van der Waals surface area contributed by atoms with Gasteiger partial charge < -0.3 is 24.7 Å². The molecule has 2 aromatic heterocycles. The first-order valence-corrected chi connectivity index (χ1v) is 8.35. The van der Waals surface area contributed by atoms with E-state index in [9.17, 15) is 19.5 Å². The van der Waals surface area contributed by atoms with Crippen molar-refractivity contribution in [3.8, 4) is 5.75 Å². The Balaban J connectivity index is 1.79. The van der Waals surface area contributed by atoms with E-state index in [0.717, 1.165) is 0 Å². The Morgan fingerprint density at radius 1 is 1.25 bits per heavy atom. The summed E-state index contributed by atoms with van der Waals surface area (Å²) in [5, 5.41) is 21.2. The van der Waals surface area contributed by atoms with E-state index < -0.39 is 35.3 Å². The summed E-state index contributed by atoms with van der Waals surface area (Å²) < 4.78 is 12.2. The highest BCUT2D eigenvalue weighted by atomic mass is 16.5. The Morgan fingerprint density at radius 3 is 2.79 bits per heavy atom. The predicted molar refractivity (Wildman–Crippen MR) is 93.9 cm³/mol. The first kappa shape index (κ1) is 17.7. The van der Waals surface area contributed by atoms with Crippen molar-refractivity contribution in [2.45, 2.75) is 19.8 Å². The molecule has 144 valence electrons. The summed E-state index contributed by atoms with van der Waals surface area (Å²) in [6.07, 6.45) is 0. The number of nitrogens with one attached hydrogen (secondary N) is 1. The maximum atomic E-state index is 12.9. The van der Waals surface area contributed by atoms with E-state index >= 15 is 0 Å². The van der Waals surface area contributed by atoms with Crippen LogP contribution in [-0.2, 0) is 29.3 Å². The van der Waals surface area contributed by atoms with Gasteiger partial charge in [-0.1, -0.05) is 12.1 Å². The van der Waals surface area contributed by atoms with E-state index in [0.29, 0.717) is 22.4 Å². The number of para-hydroxylation sites is 2. The average molecular weight is 385 g/mol. The molecule has 28 heavy (non-hydrogen) atoms. The molecule has 0 radical (unpaired) electrons. The molecule has 0 bridgehead atoms. The number of carboxylic acids is 1. The van der Waals surface area contributed by atoms with Crippen LogP contribution >= 0.6 is 0 Å². The molecule has 0 saturated heterocycles. The largest absolute Gasteiger partial charge is 0.506 e. The van der Waals surface area contributed by atoms with Crippen molar-refractivity contribution in [1.29, 1.82) is 0 Å². The average Bonchev–Trinajstić information content (AvgIpc) is 3.30. The van der Waals surface area contributed by atoms with Crippen LogP contribution in [0.4, 0.5) is 0 Å². The third-order valence-corrected chi connectivity index (χ3v) is 4.40. The van der Waals surface area contributed by atoms with Gasteiger partial charge in [0.25, 0.3) is 11.5 Å². The van der Waals surface area contributed by atoms with Crippen molar-refractivity contribution in [1.82, 2.24) is 14.9 Å². The number of rotatable bonds is 5. The van der Waals surface area contributed by atoms with Crippen LogP contribution in [0.15, 0.2) is 33.5 Å². The Labute approximate surface area is 157 Å². The van der Waals surface area contributed by atoms with Crippen molar-refractivity contribution in [3.63, 3.8) is 0 Å². The van der Waals surface area contributed by atoms with Gasteiger partial charge in [0.1, 0.15) is 29.9 Å². The highest BCUT2D eigenvalue weighted by Gasteiger charge is 2.29. The maximum absolute atomic E-state index is 12.9. The van der Waals surface area contributed by atoms with Crippen molar-refractivity contribution in [2.75, 3.05) is 6.54 Å². The lowest BCUT2D eigenvalue weighted by atomic mass is 10.1. The molecule has 0 aliphatic carbocycles. The Morgan fingerprint density at radius 2 is 2.04 bits per heavy atom. The SMILES string of the molecule is O=C(O)CNC(=O)c1c(O)c2c(n(Cc3nc4ccccc4o3)c1=O)COC2. The van der Waals surface area contributed by atoms with Gasteiger partial charge in [-0.2, -0.15) is 0 Å². The summed E-state index contributed by atoms with van der Waals surface area (Å²) in [6.45, 7) is -0.654. The van der Waals surface area contributed by atoms with Crippen LogP contribution in [0.3, 0.4) is 0 Å². The van der Waals surface area contributed by atoms with Crippen LogP contribution in [0, 0.1) is 0 Å². The number of amides is 1. The molecule has 0 fully saturated rings. The summed E-state index contributed by atoms with van der Waals surface area (Å²) in [6, 6.07) is 7.10. The Kier molecular flexibility index (Phi) is 4.32. The van der Waals surface area contributed by atoms with Crippen LogP contribution in [0.25, 0.3) is 11.1 Å². The molecule has 10 nitrogen and oxygen atoms in total. The van der Waals surface area contributed by atoms with Crippen LogP contribution in [0.2, 0.25) is 0 Å². The summed E-state index contributed by atoms with van der Waals surface area (Å²) in [5.41, 5.74) is 0.567. The van der Waals surface area contributed by atoms with Gasteiger partial charge in [0.15, 0.2) is 5.58 Å². The number of pyridine rings is 1. The van der Waals surface area contributed by atoms with Gasteiger partial charge in [-0.15, -0.1) is 0 Å². The maximum Gasteiger partial charge on any atom is 0.322 e. The van der Waals surface area contributed by atoms with Crippen molar-refractivity contribution < 1.29 is 29.0 Å². The number of oxazole rings is 1. The number of nitrogens with zero attached hydrogens (tertiary/aromatic N) is 2. The lowest BCUT2D eigenvalue weighted by Crippen LogP contribution is -2.37. The zero-order valence-electron chi connectivity index (χ0n) is 14.5. The number of aliphatic carboxylic acids is 1. The fraction of sp³-hybridized carbons (Fsp3) is 0.222. The summed E-state index contributed by atoms with van der Waals surface area (Å²) in [4.78, 5) is 40.2. The number of aromatic nitrogens is 2. The molecule has 4 rings (SSSR count). The predicted octanol–water partition coefficient (Wildman–Crippen LogP) is 0.588. The molecular formula is C18H15N3O7. The lowest BCUT2D eigenvalue weighted by Gasteiger charge is -2.14. The number of aromatic hydroxyl groups is 1. The standard InChI is InChI=1S/C18H15N3O7/c22-14(23)5-19-17(25)15-16(24)9-7-27-8-11(9)21(18(15)26)6-13-20-10-3-1-2-4-12(10)28-13/h1-4,24H,5-8H2,(H,19,25)(H,22,23). The van der Waals surface area contributed by atoms with Crippen LogP contribution < -0.4 is 10.9 Å². The van der Waals surface area contributed by atoms with Gasteiger partial charge in [0, 0.05) is 5.56 Å². The fourth-order valence-corrected chi connectivity index (χ4v) is 3.11. The Bertz CT molecular complexity index is 1130. The molecule has 0 saturated carbocycles. The summed E-state index contributed by atoms with van der Waals surface area (Å²) in [7, 11) is 0. The smallest absolute Gasteiger partial charge is 0.322 e. The number of hydrogen-bond acceptors (Lipinski definition) is 7. The normalized spacial score (nSPS) is 12.9. The van der Waals surface area contributed by atoms with E-state index in [4.69, 9.17) is 14.3 Å². The number of carbonyl (C=O) groups excluding carboxylic acids is 1. The van der Waals surface area contributed by atoms with E-state index in [-0.39, 0.29) is 25.6 Å². The van der Waals surface area contributed by atoms with Gasteiger partial charge in [-0.3, -0.25) is 19.0 Å². The minimum absolute atomic E-state index is 0.0220. The molecule has 0 unspecified atom stereocenters. The molecular weight excluding hydrogens is 370 g/mol. The minimum atomic E-state index is -1.27. The first-order chi connectivity index (χ1) is 13.5. The molecule has 0 atom stereocenters. The third-order valence-electron chi connectivity index (χ3n) is 4.40. The van der Waals surface area contributed by atoms with Crippen LogP contribution in [0.5, 0.6) is 5.75 Å². The highest BCUT2D eigenvalue weighted by molar-refractivity contribution is 5.98. The molecule has 1 aromatic carbocycles. The number of carbonyl (C=O) groups is 2. The van der Waals surface area contributed by atoms with E-state index in [1.807, 2.05) is 0 Å². The summed E-state index contributed by atoms with van der Waals surface area (Å²) in [5.74, 6) is -2.51. The molecule has 3 N–H and O–H groups in total. The molecule has 0 spiro atoms. The zero-order valence-corrected chi connectivity index (χ0v) is 14.5. The van der Waals surface area contributed by atoms with Gasteiger partial charge in [-0.05, 0) is 12.1 Å². The topological polar surface area (TPSA) is 144 Å². The summed E-state index contributed by atoms with van der Waals surface area (Å²) >= 11 is 0. The Hall–Kier alpha value is -3.66. The lowest BCUT2D eigenvalue weighted by molar-refractivity contribution is -0.135. The number of carboxylic acid groups (broad SMARTS) is 1. The molecule has 1 aliphatic rings. The number of hydrogen-bond donors (Lipinski definition) is 3. The minimum Gasteiger partial charge on any atom is -0.506 e. The van der Waals surface area contributed by atoms with Gasteiger partial charge in [0.05, 0.1) is 18.9 Å². The van der Waals surface area contributed by atoms with Crippen molar-refractivity contribution in [3.05, 3.63) is 57.3 Å². The molecule has 3 aromatic rings. The molecule has 3 heterocycles. The van der Waals surface area contributed by atoms with E-state index in [1.54, 1.807) is 24.3 Å². The first-order valence-electron chi connectivity index (χ1n) is 8.35. The number of ether oxygens (including phenoxy) is 1.